The van der Waals surface area contributed by atoms with E-state index in [1.165, 1.54) is 0 Å². The molecule has 1 fully saturated rings. The molecule has 238 valence electrons. The molecule has 1 atom stereocenters. The van der Waals surface area contributed by atoms with E-state index < -0.39 is 0 Å². The Morgan fingerprint density at radius 2 is 1.78 bits per heavy atom. The third kappa shape index (κ3) is 7.20. The minimum Gasteiger partial charge on any atom is -0.317 e. The van der Waals surface area contributed by atoms with Gasteiger partial charge in [-0.3, -0.25) is 10.1 Å². The molecule has 46 heavy (non-hydrogen) atoms. The lowest BCUT2D eigenvalue weighted by molar-refractivity contribution is -0.121. The second kappa shape index (κ2) is 13.4. The van der Waals surface area contributed by atoms with Gasteiger partial charge in [0.1, 0.15) is 11.6 Å². The summed E-state index contributed by atoms with van der Waals surface area (Å²) in [5, 5.41) is 18.1. The van der Waals surface area contributed by atoms with Crippen molar-refractivity contribution in [2.75, 3.05) is 23.7 Å². The Morgan fingerprint density at radius 3 is 2.52 bits per heavy atom. The number of ketones is 1. The number of amides is 2. The number of urea groups is 1. The first kappa shape index (κ1) is 32.0. The number of halogens is 1. The van der Waals surface area contributed by atoms with Gasteiger partial charge < -0.3 is 10.6 Å². The van der Waals surface area contributed by atoms with E-state index in [1.807, 2.05) is 79.7 Å². The van der Waals surface area contributed by atoms with Crippen molar-refractivity contribution >= 4 is 56.3 Å². The fourth-order valence-corrected chi connectivity index (χ4v) is 7.31. The van der Waals surface area contributed by atoms with Gasteiger partial charge in [0.05, 0.1) is 11.4 Å². The number of Topliss-reactive ketones (excluding diaryl/α,β-unsaturated/α-hetero) is 1. The monoisotopic (exact) mass is 653 g/mol. The summed E-state index contributed by atoms with van der Waals surface area (Å²) in [7, 11) is 0. The van der Waals surface area contributed by atoms with Crippen molar-refractivity contribution in [2.45, 2.75) is 58.3 Å². The van der Waals surface area contributed by atoms with Crippen molar-refractivity contribution in [1.82, 2.24) is 15.1 Å². The molecule has 9 heteroatoms. The van der Waals surface area contributed by atoms with Crippen LogP contribution in [0.1, 0.15) is 61.9 Å². The summed E-state index contributed by atoms with van der Waals surface area (Å²) in [4.78, 5) is 27.5. The number of nitrogens with zero attached hydrogens (tertiary/aromatic N) is 2. The molecular weight excluding hydrogens is 614 g/mol. The number of nitrogens with one attached hydrogen (secondary N) is 3. The van der Waals surface area contributed by atoms with Crippen LogP contribution in [-0.4, -0.2) is 34.7 Å². The first-order chi connectivity index (χ1) is 22.0. The van der Waals surface area contributed by atoms with E-state index in [-0.39, 0.29) is 29.1 Å². The SMILES string of the molecule is Cc1ccc(-n2nc(C(C)(C)C)cc2NC(=O)Nc2cccc(C(C(=O)Cc3csc4ccc(Cl)cc34)C3CCNCC3)c2)cc1. The number of aryl methyl sites for hydroxylation is 1. The summed E-state index contributed by atoms with van der Waals surface area (Å²) in [6.07, 6.45) is 2.18. The van der Waals surface area contributed by atoms with Gasteiger partial charge in [0.2, 0.25) is 0 Å². The molecule has 7 nitrogen and oxygen atoms in total. The molecule has 6 rings (SSSR count). The minimum atomic E-state index is -0.378. The summed E-state index contributed by atoms with van der Waals surface area (Å²) in [5.74, 6) is 0.697. The van der Waals surface area contributed by atoms with Gasteiger partial charge in [-0.15, -0.1) is 11.3 Å². The van der Waals surface area contributed by atoms with Crippen LogP contribution in [0.25, 0.3) is 15.8 Å². The quantitative estimate of drug-likeness (QED) is 0.156. The van der Waals surface area contributed by atoms with E-state index in [0.717, 1.165) is 64.1 Å². The van der Waals surface area contributed by atoms with E-state index in [9.17, 15) is 9.59 Å². The first-order valence-corrected chi connectivity index (χ1v) is 17.1. The maximum Gasteiger partial charge on any atom is 0.324 e. The molecule has 0 spiro atoms. The summed E-state index contributed by atoms with van der Waals surface area (Å²) in [6.45, 7) is 10.1. The summed E-state index contributed by atoms with van der Waals surface area (Å²) >= 11 is 7.95. The molecule has 1 aliphatic rings. The van der Waals surface area contributed by atoms with E-state index in [1.54, 1.807) is 16.0 Å². The molecule has 3 N–H and O–H groups in total. The molecule has 3 aromatic carbocycles. The normalized spacial score (nSPS) is 14.7. The number of hydrogen-bond donors (Lipinski definition) is 3. The Hall–Kier alpha value is -3.98. The van der Waals surface area contributed by atoms with Crippen LogP contribution in [0, 0.1) is 12.8 Å². The number of rotatable bonds is 8. The standard InChI is InChI=1S/C37H40ClN5O2S/c1-23-8-11-29(12-9-23)43-34(21-33(42-43)37(2,3)4)41-36(45)40-28-7-5-6-25(18-28)35(24-14-16-39-17-15-24)31(44)19-26-22-46-32-13-10-27(38)20-30(26)32/h5-13,18,20-22,24,35,39H,14-17,19H2,1-4H3,(H2,40,41,45). The van der Waals surface area contributed by atoms with Gasteiger partial charge in [-0.25, -0.2) is 9.48 Å². The van der Waals surface area contributed by atoms with Gasteiger partial charge in [0, 0.05) is 39.2 Å². The fraction of sp³-hybridized carbons (Fsp3) is 0.324. The number of benzene rings is 3. The summed E-state index contributed by atoms with van der Waals surface area (Å²) < 4.78 is 2.89. The van der Waals surface area contributed by atoms with Crippen LogP contribution in [0.4, 0.5) is 16.3 Å². The number of carbonyl (C=O) groups is 2. The van der Waals surface area contributed by atoms with Crippen LogP contribution in [0.2, 0.25) is 5.02 Å². The highest BCUT2D eigenvalue weighted by Crippen LogP contribution is 2.36. The zero-order valence-electron chi connectivity index (χ0n) is 26.7. The Kier molecular flexibility index (Phi) is 9.32. The molecule has 0 saturated carbocycles. The van der Waals surface area contributed by atoms with E-state index in [0.29, 0.717) is 22.9 Å². The molecule has 2 aromatic heterocycles. The van der Waals surface area contributed by atoms with Crippen molar-refractivity contribution in [1.29, 1.82) is 0 Å². The van der Waals surface area contributed by atoms with Crippen LogP contribution in [-0.2, 0) is 16.6 Å². The van der Waals surface area contributed by atoms with Crippen LogP contribution >= 0.6 is 22.9 Å². The van der Waals surface area contributed by atoms with E-state index in [2.05, 4.69) is 42.1 Å². The molecule has 1 aliphatic heterocycles. The maximum atomic E-state index is 14.1. The lowest BCUT2D eigenvalue weighted by atomic mass is 9.76. The number of thiophene rings is 1. The molecule has 1 saturated heterocycles. The highest BCUT2D eigenvalue weighted by Gasteiger charge is 2.31. The van der Waals surface area contributed by atoms with Crippen LogP contribution in [0.3, 0.4) is 0 Å². The molecule has 0 radical (unpaired) electrons. The second-order valence-corrected chi connectivity index (χ2v) is 14.6. The van der Waals surface area contributed by atoms with Crippen molar-refractivity contribution in [3.05, 3.63) is 106 Å². The number of piperidine rings is 1. The number of anilines is 2. The molecule has 3 heterocycles. The van der Waals surface area contributed by atoms with Crippen LogP contribution in [0.5, 0.6) is 0 Å². The van der Waals surface area contributed by atoms with Crippen molar-refractivity contribution in [2.24, 2.45) is 5.92 Å². The van der Waals surface area contributed by atoms with Crippen molar-refractivity contribution in [3.8, 4) is 5.69 Å². The first-order valence-electron chi connectivity index (χ1n) is 15.8. The predicted octanol–water partition coefficient (Wildman–Crippen LogP) is 8.89. The number of carbonyl (C=O) groups excluding carboxylic acids is 2. The van der Waals surface area contributed by atoms with Gasteiger partial charge in [0.15, 0.2) is 0 Å². The summed E-state index contributed by atoms with van der Waals surface area (Å²) in [5.41, 5.74) is 5.25. The Morgan fingerprint density at radius 1 is 1.02 bits per heavy atom. The van der Waals surface area contributed by atoms with Crippen LogP contribution in [0.15, 0.2) is 78.2 Å². The molecule has 2 amide bonds. The predicted molar refractivity (Wildman–Crippen MR) is 190 cm³/mol. The highest BCUT2D eigenvalue weighted by atomic mass is 35.5. The Bertz CT molecular complexity index is 1860. The maximum absolute atomic E-state index is 14.1. The summed E-state index contributed by atoms with van der Waals surface area (Å²) in [6, 6.07) is 23.2. The number of hydrogen-bond acceptors (Lipinski definition) is 5. The zero-order chi connectivity index (χ0) is 32.4. The topological polar surface area (TPSA) is 88.1 Å². The van der Waals surface area contributed by atoms with Gasteiger partial charge in [-0.2, -0.15) is 5.10 Å². The minimum absolute atomic E-state index is 0.185. The Balaban J connectivity index is 1.24. The third-order valence-electron chi connectivity index (χ3n) is 8.68. The molecule has 0 bridgehead atoms. The average Bonchev–Trinajstić information content (AvgIpc) is 3.62. The van der Waals surface area contributed by atoms with Gasteiger partial charge in [0.25, 0.3) is 0 Å². The molecule has 1 unspecified atom stereocenters. The van der Waals surface area contributed by atoms with E-state index in [4.69, 9.17) is 16.7 Å². The number of aromatic nitrogens is 2. The molecule has 5 aromatic rings. The number of fused-ring (bicyclic) bond motifs is 1. The Labute approximate surface area is 279 Å². The molecular formula is C37H40ClN5O2S. The van der Waals surface area contributed by atoms with Gasteiger partial charge in [-0.1, -0.05) is 62.2 Å². The highest BCUT2D eigenvalue weighted by molar-refractivity contribution is 7.17. The van der Waals surface area contributed by atoms with Crippen molar-refractivity contribution < 1.29 is 9.59 Å². The van der Waals surface area contributed by atoms with E-state index >= 15 is 0 Å². The average molecular weight is 654 g/mol. The van der Waals surface area contributed by atoms with Gasteiger partial charge in [-0.05, 0) is 103 Å². The van der Waals surface area contributed by atoms with Crippen molar-refractivity contribution in [3.63, 3.8) is 0 Å². The van der Waals surface area contributed by atoms with Crippen LogP contribution < -0.4 is 16.0 Å². The fourth-order valence-electron chi connectivity index (χ4n) is 6.20. The van der Waals surface area contributed by atoms with Gasteiger partial charge >= 0.3 is 6.03 Å². The third-order valence-corrected chi connectivity index (χ3v) is 9.93. The lowest BCUT2D eigenvalue weighted by Gasteiger charge is -2.30. The molecule has 0 aliphatic carbocycles. The zero-order valence-corrected chi connectivity index (χ0v) is 28.3. The smallest absolute Gasteiger partial charge is 0.317 e. The lowest BCUT2D eigenvalue weighted by Crippen LogP contribution is -2.34. The second-order valence-electron chi connectivity index (χ2n) is 13.2. The largest absolute Gasteiger partial charge is 0.324 e.